The van der Waals surface area contributed by atoms with Crippen molar-refractivity contribution >= 4 is 23.6 Å². The molecule has 2 aromatic rings. The molecule has 0 atom stereocenters. The van der Waals surface area contributed by atoms with Gasteiger partial charge in [-0.2, -0.15) is 0 Å². The second-order valence-corrected chi connectivity index (χ2v) is 6.45. The highest BCUT2D eigenvalue weighted by Crippen LogP contribution is 2.18. The number of benzene rings is 1. The monoisotopic (exact) mass is 348 g/mol. The first-order valence-corrected chi connectivity index (χ1v) is 8.57. The lowest BCUT2D eigenvalue weighted by molar-refractivity contribution is -0.118. The maximum Gasteiger partial charge on any atom is 0.335 e. The van der Waals surface area contributed by atoms with Gasteiger partial charge in [0.25, 0.3) is 0 Å². The van der Waals surface area contributed by atoms with Crippen LogP contribution in [-0.4, -0.2) is 44.0 Å². The summed E-state index contributed by atoms with van der Waals surface area (Å²) in [7, 11) is 0. The van der Waals surface area contributed by atoms with Crippen LogP contribution in [0.15, 0.2) is 35.7 Å². The molecule has 128 valence electrons. The Hall–Kier alpha value is -2.35. The van der Waals surface area contributed by atoms with Crippen molar-refractivity contribution < 1.29 is 14.7 Å². The van der Waals surface area contributed by atoms with Crippen molar-refractivity contribution in [1.29, 1.82) is 0 Å². The van der Waals surface area contributed by atoms with Gasteiger partial charge >= 0.3 is 5.97 Å². The Morgan fingerprint density at radius 2 is 2.17 bits per heavy atom. The molecule has 0 unspecified atom stereocenters. The van der Waals surface area contributed by atoms with Crippen LogP contribution >= 0.6 is 11.8 Å². The molecule has 0 radical (unpaired) electrons. The van der Waals surface area contributed by atoms with Crippen LogP contribution in [0.2, 0.25) is 0 Å². The number of thioether (sulfide) groups is 1. The molecule has 0 saturated heterocycles. The van der Waals surface area contributed by atoms with Crippen molar-refractivity contribution in [2.24, 2.45) is 0 Å². The zero-order valence-electron chi connectivity index (χ0n) is 13.6. The molecule has 8 heteroatoms. The minimum Gasteiger partial charge on any atom is -0.478 e. The van der Waals surface area contributed by atoms with Crippen LogP contribution < -0.4 is 5.32 Å². The van der Waals surface area contributed by atoms with Crippen molar-refractivity contribution in [3.8, 4) is 0 Å². The predicted octanol–water partition coefficient (Wildman–Crippen LogP) is 2.01. The van der Waals surface area contributed by atoms with Gasteiger partial charge < -0.3 is 15.0 Å². The van der Waals surface area contributed by atoms with Gasteiger partial charge in [0.05, 0.1) is 11.3 Å². The largest absolute Gasteiger partial charge is 0.478 e. The molecular weight excluding hydrogens is 328 g/mol. The van der Waals surface area contributed by atoms with Crippen molar-refractivity contribution in [3.63, 3.8) is 0 Å². The molecule has 7 nitrogen and oxygen atoms in total. The van der Waals surface area contributed by atoms with Crippen molar-refractivity contribution in [3.05, 3.63) is 41.7 Å². The molecule has 0 bridgehead atoms. The third-order valence-corrected chi connectivity index (χ3v) is 4.30. The molecule has 0 aliphatic heterocycles. The number of carboxylic acid groups (broad SMARTS) is 1. The Morgan fingerprint density at radius 1 is 1.38 bits per heavy atom. The molecule has 24 heavy (non-hydrogen) atoms. The van der Waals surface area contributed by atoms with Gasteiger partial charge in [-0.05, 0) is 38.0 Å². The van der Waals surface area contributed by atoms with E-state index in [9.17, 15) is 9.59 Å². The minimum atomic E-state index is -0.952. The number of nitrogens with zero attached hydrogens (tertiary/aromatic N) is 3. The maximum atomic E-state index is 11.9. The molecule has 1 aromatic heterocycles. The van der Waals surface area contributed by atoms with Crippen molar-refractivity contribution in [2.75, 3.05) is 12.3 Å². The smallest absolute Gasteiger partial charge is 0.335 e. The molecular formula is C16H20N4O3S. The summed E-state index contributed by atoms with van der Waals surface area (Å²) in [5.74, 6) is -0.778. The molecule has 0 aliphatic rings. The summed E-state index contributed by atoms with van der Waals surface area (Å²) in [6, 6.07) is 6.96. The van der Waals surface area contributed by atoms with Crippen molar-refractivity contribution in [1.82, 2.24) is 20.1 Å². The topological polar surface area (TPSA) is 97.1 Å². The molecule has 0 saturated carbocycles. The number of carboxylic acids is 1. The molecule has 0 spiro atoms. The first kappa shape index (κ1) is 18.0. The van der Waals surface area contributed by atoms with Gasteiger partial charge in [0.15, 0.2) is 5.16 Å². The fourth-order valence-electron chi connectivity index (χ4n) is 2.08. The minimum absolute atomic E-state index is 0.0901. The summed E-state index contributed by atoms with van der Waals surface area (Å²) in [5.41, 5.74) is 1.13. The summed E-state index contributed by atoms with van der Waals surface area (Å²) >= 11 is 1.34. The lowest BCUT2D eigenvalue weighted by atomic mass is 10.1. The molecule has 1 heterocycles. The van der Waals surface area contributed by atoms with Crippen LogP contribution in [0, 0.1) is 0 Å². The van der Waals surface area contributed by atoms with Gasteiger partial charge in [0, 0.05) is 12.6 Å². The molecule has 0 fully saturated rings. The van der Waals surface area contributed by atoms with E-state index in [-0.39, 0.29) is 23.3 Å². The molecule has 0 aliphatic carbocycles. The van der Waals surface area contributed by atoms with E-state index in [4.69, 9.17) is 5.11 Å². The average Bonchev–Trinajstić information content (AvgIpc) is 3.02. The Kier molecular flexibility index (Phi) is 6.36. The van der Waals surface area contributed by atoms with E-state index in [1.807, 2.05) is 24.5 Å². The van der Waals surface area contributed by atoms with Gasteiger partial charge in [-0.3, -0.25) is 4.79 Å². The first-order chi connectivity index (χ1) is 11.5. The summed E-state index contributed by atoms with van der Waals surface area (Å²) in [6.45, 7) is 4.51. The second-order valence-electron chi connectivity index (χ2n) is 5.51. The molecule has 1 aromatic carbocycles. The number of amides is 1. The normalized spacial score (nSPS) is 10.8. The van der Waals surface area contributed by atoms with Gasteiger partial charge in [0.2, 0.25) is 5.91 Å². The fourth-order valence-corrected chi connectivity index (χ4v) is 2.95. The molecule has 2 N–H and O–H groups in total. The highest BCUT2D eigenvalue weighted by atomic mass is 32.2. The quantitative estimate of drug-likeness (QED) is 0.708. The summed E-state index contributed by atoms with van der Waals surface area (Å²) < 4.78 is 1.91. The van der Waals surface area contributed by atoms with Crippen LogP contribution in [0.3, 0.4) is 0 Å². The van der Waals surface area contributed by atoms with E-state index in [1.54, 1.807) is 24.5 Å². The van der Waals surface area contributed by atoms with E-state index in [2.05, 4.69) is 15.5 Å². The number of hydrogen-bond donors (Lipinski definition) is 2. The highest BCUT2D eigenvalue weighted by Gasteiger charge is 2.10. The van der Waals surface area contributed by atoms with Gasteiger partial charge in [-0.1, -0.05) is 23.9 Å². The number of nitrogens with one attached hydrogen (secondary N) is 1. The fraction of sp³-hybridized carbons (Fsp3) is 0.375. The second kappa shape index (κ2) is 8.49. The number of rotatable bonds is 8. The third-order valence-electron chi connectivity index (χ3n) is 3.34. The van der Waals surface area contributed by atoms with Gasteiger partial charge in [0.1, 0.15) is 6.33 Å². The van der Waals surface area contributed by atoms with Crippen LogP contribution in [0.1, 0.15) is 35.8 Å². The lowest BCUT2D eigenvalue weighted by Gasteiger charge is -2.09. The zero-order chi connectivity index (χ0) is 17.5. The Labute approximate surface area is 144 Å². The van der Waals surface area contributed by atoms with Crippen molar-refractivity contribution in [2.45, 2.75) is 31.5 Å². The Balaban J connectivity index is 1.76. The molecule has 1 amide bonds. The number of aromatic nitrogens is 3. The van der Waals surface area contributed by atoms with E-state index in [0.29, 0.717) is 18.1 Å². The zero-order valence-corrected chi connectivity index (χ0v) is 14.4. The number of hydrogen-bond acceptors (Lipinski definition) is 5. The van der Waals surface area contributed by atoms with Gasteiger partial charge in [-0.15, -0.1) is 10.2 Å². The van der Waals surface area contributed by atoms with Crippen LogP contribution in [0.25, 0.3) is 0 Å². The first-order valence-electron chi connectivity index (χ1n) is 7.58. The van der Waals surface area contributed by atoms with Crippen LogP contribution in [-0.2, 0) is 11.2 Å². The lowest BCUT2D eigenvalue weighted by Crippen LogP contribution is -2.27. The van der Waals surface area contributed by atoms with E-state index in [0.717, 1.165) is 5.56 Å². The van der Waals surface area contributed by atoms with E-state index in [1.165, 1.54) is 11.8 Å². The maximum absolute atomic E-state index is 11.9. The standard InChI is InChI=1S/C16H20N4O3S/c1-11(2)20-10-18-19-16(20)24-9-14(21)17-7-6-12-4-3-5-13(8-12)15(22)23/h3-5,8,10-11H,6-7,9H2,1-2H3,(H,17,21)(H,22,23). The van der Waals surface area contributed by atoms with E-state index < -0.39 is 5.97 Å². The number of carbonyl (C=O) groups excluding carboxylic acids is 1. The summed E-state index contributed by atoms with van der Waals surface area (Å²) in [4.78, 5) is 22.8. The number of aromatic carboxylic acids is 1. The predicted molar refractivity (Wildman–Crippen MR) is 91.2 cm³/mol. The SMILES string of the molecule is CC(C)n1cnnc1SCC(=O)NCCc1cccc(C(=O)O)c1. The Bertz CT molecular complexity index is 715. The Morgan fingerprint density at radius 3 is 2.88 bits per heavy atom. The highest BCUT2D eigenvalue weighted by molar-refractivity contribution is 7.99. The number of carbonyl (C=O) groups is 2. The average molecular weight is 348 g/mol. The third kappa shape index (κ3) is 5.09. The van der Waals surface area contributed by atoms with Gasteiger partial charge in [-0.25, -0.2) is 4.79 Å². The van der Waals surface area contributed by atoms with Crippen LogP contribution in [0.4, 0.5) is 0 Å². The summed E-state index contributed by atoms with van der Waals surface area (Å²) in [5, 5.41) is 20.4. The van der Waals surface area contributed by atoms with E-state index >= 15 is 0 Å². The molecule has 2 rings (SSSR count). The van der Waals surface area contributed by atoms with Crippen LogP contribution in [0.5, 0.6) is 0 Å². The summed E-state index contributed by atoms with van der Waals surface area (Å²) in [6.07, 6.45) is 2.24.